The molecule has 0 radical (unpaired) electrons. The van der Waals surface area contributed by atoms with E-state index >= 15 is 0 Å². The molecule has 0 aliphatic heterocycles. The number of benzene rings is 1. The molecule has 2 rings (SSSR count). The summed E-state index contributed by atoms with van der Waals surface area (Å²) in [5.41, 5.74) is 7.41. The largest absolute Gasteiger partial charge is 0.230 e. The van der Waals surface area contributed by atoms with Crippen molar-refractivity contribution in [3.63, 3.8) is 0 Å². The van der Waals surface area contributed by atoms with Crippen LogP contribution in [-0.2, 0) is 0 Å². The molecule has 0 bridgehead atoms. The summed E-state index contributed by atoms with van der Waals surface area (Å²) in [7, 11) is 0. The van der Waals surface area contributed by atoms with Gasteiger partial charge in [-0.25, -0.2) is 10.5 Å². The maximum Gasteiger partial charge on any atom is 0.230 e. The molecule has 0 spiro atoms. The maximum atomic E-state index is 6.80. The average molecular weight is 232 g/mol. The van der Waals surface area contributed by atoms with Crippen molar-refractivity contribution in [1.29, 1.82) is 5.53 Å². The van der Waals surface area contributed by atoms with Gasteiger partial charge in [-0.1, -0.05) is 34.5 Å². The molecule has 1 aromatic carbocycles. The quantitative estimate of drug-likeness (QED) is 0.733. The van der Waals surface area contributed by atoms with Crippen molar-refractivity contribution in [2.75, 3.05) is 0 Å². The van der Waals surface area contributed by atoms with Gasteiger partial charge in [-0.2, -0.15) is 0 Å². The van der Waals surface area contributed by atoms with Crippen LogP contribution in [0.5, 0.6) is 0 Å². The van der Waals surface area contributed by atoms with Crippen molar-refractivity contribution in [2.24, 2.45) is 5.11 Å². The Morgan fingerprint density at radius 2 is 2.15 bits per heavy atom. The van der Waals surface area contributed by atoms with Gasteiger partial charge in [0.15, 0.2) is 0 Å². The minimum Gasteiger partial charge on any atom is -0.215 e. The molecule has 0 aliphatic rings. The summed E-state index contributed by atoms with van der Waals surface area (Å²) >= 11 is 13.0. The first-order valence-corrected chi connectivity index (χ1v) is 4.91. The molecular weight excluding hydrogens is 229 g/mol. The van der Waals surface area contributed by atoms with Crippen LogP contribution in [0.2, 0.25) is 10.0 Å². The van der Waals surface area contributed by atoms with E-state index in [2.05, 4.69) is 10.1 Å². The summed E-state index contributed by atoms with van der Waals surface area (Å²) in [6, 6.07) is 3.52. The molecular formula is C7H3Cl2N3S. The van der Waals surface area contributed by atoms with E-state index < -0.39 is 0 Å². The molecule has 66 valence electrons. The lowest BCUT2D eigenvalue weighted by atomic mass is 10.3. The predicted molar refractivity (Wildman–Crippen MR) is 54.4 cm³/mol. The molecule has 0 fully saturated rings. The smallest absolute Gasteiger partial charge is 0.215 e. The van der Waals surface area contributed by atoms with Crippen LogP contribution in [-0.4, -0.2) is 4.98 Å². The van der Waals surface area contributed by atoms with Crippen molar-refractivity contribution >= 4 is 49.9 Å². The third-order valence-electron chi connectivity index (χ3n) is 1.54. The van der Waals surface area contributed by atoms with E-state index in [1.165, 1.54) is 11.3 Å². The summed E-state index contributed by atoms with van der Waals surface area (Å²) in [5.74, 6) is 0. The fraction of sp³-hybridized carbons (Fsp3) is 0. The number of rotatable bonds is 1. The number of nitrogens with zero attached hydrogens (tertiary/aromatic N) is 2. The highest BCUT2D eigenvalue weighted by atomic mass is 35.5. The molecule has 1 N–H and O–H groups in total. The zero-order valence-corrected chi connectivity index (χ0v) is 8.54. The summed E-state index contributed by atoms with van der Waals surface area (Å²) in [6.07, 6.45) is 0. The van der Waals surface area contributed by atoms with E-state index in [9.17, 15) is 0 Å². The lowest BCUT2D eigenvalue weighted by Crippen LogP contribution is -1.71. The molecule has 2 aromatic rings. The van der Waals surface area contributed by atoms with Gasteiger partial charge >= 0.3 is 0 Å². The molecule has 13 heavy (non-hydrogen) atoms. The van der Waals surface area contributed by atoms with Gasteiger partial charge in [0.05, 0.1) is 14.7 Å². The number of halogens is 2. The van der Waals surface area contributed by atoms with E-state index in [0.29, 0.717) is 20.7 Å². The van der Waals surface area contributed by atoms with Crippen LogP contribution in [0.15, 0.2) is 17.2 Å². The molecule has 0 aliphatic carbocycles. The Kier molecular flexibility index (Phi) is 2.19. The van der Waals surface area contributed by atoms with Crippen molar-refractivity contribution in [3.05, 3.63) is 22.2 Å². The lowest BCUT2D eigenvalue weighted by Gasteiger charge is -1.93. The van der Waals surface area contributed by atoms with Gasteiger partial charge in [-0.15, -0.1) is 5.11 Å². The van der Waals surface area contributed by atoms with Gasteiger partial charge in [0.2, 0.25) is 5.13 Å². The van der Waals surface area contributed by atoms with Crippen molar-refractivity contribution in [1.82, 2.24) is 4.98 Å². The third-order valence-corrected chi connectivity index (χ3v) is 3.25. The van der Waals surface area contributed by atoms with Gasteiger partial charge in [0.25, 0.3) is 0 Å². The fourth-order valence-corrected chi connectivity index (χ4v) is 2.15. The van der Waals surface area contributed by atoms with Gasteiger partial charge in [0, 0.05) is 0 Å². The van der Waals surface area contributed by atoms with Gasteiger partial charge in [-0.05, 0) is 12.1 Å². The lowest BCUT2D eigenvalue weighted by molar-refractivity contribution is 1.13. The summed E-state index contributed by atoms with van der Waals surface area (Å²) in [5, 5.41) is 4.51. The van der Waals surface area contributed by atoms with Gasteiger partial charge in [0.1, 0.15) is 5.52 Å². The van der Waals surface area contributed by atoms with Crippen LogP contribution in [0.1, 0.15) is 0 Å². The van der Waals surface area contributed by atoms with Crippen molar-refractivity contribution in [2.45, 2.75) is 0 Å². The molecule has 3 nitrogen and oxygen atoms in total. The first-order chi connectivity index (χ1) is 6.22. The van der Waals surface area contributed by atoms with Crippen molar-refractivity contribution in [3.8, 4) is 0 Å². The first-order valence-electron chi connectivity index (χ1n) is 3.34. The number of hydrogen-bond donors (Lipinski definition) is 1. The van der Waals surface area contributed by atoms with E-state index in [1.807, 2.05) is 6.07 Å². The minimum absolute atomic E-state index is 0.388. The van der Waals surface area contributed by atoms with Gasteiger partial charge < -0.3 is 0 Å². The molecule has 0 saturated heterocycles. The summed E-state index contributed by atoms with van der Waals surface area (Å²) < 4.78 is 0.889. The maximum absolute atomic E-state index is 6.80. The zero-order chi connectivity index (χ0) is 9.42. The Labute approximate surface area is 87.8 Å². The minimum atomic E-state index is 0.388. The highest BCUT2D eigenvalue weighted by molar-refractivity contribution is 7.22. The highest BCUT2D eigenvalue weighted by Gasteiger charge is 2.08. The van der Waals surface area contributed by atoms with Gasteiger partial charge in [-0.3, -0.25) is 0 Å². The second-order valence-electron chi connectivity index (χ2n) is 2.32. The van der Waals surface area contributed by atoms with Crippen LogP contribution in [0.25, 0.3) is 10.2 Å². The molecule has 1 heterocycles. The number of nitrogens with one attached hydrogen (secondary N) is 1. The van der Waals surface area contributed by atoms with E-state index in [1.54, 1.807) is 6.07 Å². The molecule has 6 heteroatoms. The summed E-state index contributed by atoms with van der Waals surface area (Å²) in [4.78, 5) is 4.04. The second-order valence-corrected chi connectivity index (χ2v) is 4.11. The molecule has 0 amide bonds. The first kappa shape index (κ1) is 8.87. The Balaban J connectivity index is 2.83. The second kappa shape index (κ2) is 3.21. The van der Waals surface area contributed by atoms with E-state index in [4.69, 9.17) is 28.7 Å². The Morgan fingerprint density at radius 1 is 1.38 bits per heavy atom. The van der Waals surface area contributed by atoms with Crippen LogP contribution in [0.4, 0.5) is 5.13 Å². The standard InChI is InChI=1S/C7H3Cl2N3S/c8-3-1-2-4-6(5(3)9)11-7(12-10)13-4/h1-2,10H. The van der Waals surface area contributed by atoms with Crippen LogP contribution >= 0.6 is 34.5 Å². The zero-order valence-electron chi connectivity index (χ0n) is 6.21. The summed E-state index contributed by atoms with van der Waals surface area (Å²) in [6.45, 7) is 0. The SMILES string of the molecule is N=Nc1nc2c(Cl)c(Cl)ccc2s1. The van der Waals surface area contributed by atoms with Crippen LogP contribution in [0.3, 0.4) is 0 Å². The Bertz CT molecular complexity index is 480. The number of hydrogen-bond acceptors (Lipinski definition) is 4. The van der Waals surface area contributed by atoms with Crippen LogP contribution in [0, 0.1) is 5.53 Å². The number of aromatic nitrogens is 1. The molecule has 0 unspecified atom stereocenters. The number of fused-ring (bicyclic) bond motifs is 1. The third kappa shape index (κ3) is 1.41. The fourth-order valence-electron chi connectivity index (χ4n) is 0.973. The van der Waals surface area contributed by atoms with Crippen LogP contribution < -0.4 is 0 Å². The average Bonchev–Trinajstić information content (AvgIpc) is 2.55. The highest BCUT2D eigenvalue weighted by Crippen LogP contribution is 2.35. The van der Waals surface area contributed by atoms with Crippen molar-refractivity contribution < 1.29 is 0 Å². The Hall–Kier alpha value is -0.710. The Morgan fingerprint density at radius 3 is 2.85 bits per heavy atom. The molecule has 1 aromatic heterocycles. The topological polar surface area (TPSA) is 49.1 Å². The van der Waals surface area contributed by atoms with E-state index in [-0.39, 0.29) is 0 Å². The molecule has 0 atom stereocenters. The van der Waals surface area contributed by atoms with E-state index in [0.717, 1.165) is 4.70 Å². The normalized spacial score (nSPS) is 10.6. The molecule has 0 saturated carbocycles. The predicted octanol–water partition coefficient (Wildman–Crippen LogP) is 4.27. The monoisotopic (exact) mass is 231 g/mol. The number of thiazole rings is 1.